The summed E-state index contributed by atoms with van der Waals surface area (Å²) in [5.74, 6) is 1.39. The summed E-state index contributed by atoms with van der Waals surface area (Å²) in [6.07, 6.45) is 0. The van der Waals surface area contributed by atoms with Gasteiger partial charge in [0.05, 0.1) is 45.2 Å². The van der Waals surface area contributed by atoms with Crippen LogP contribution < -0.4 is 0 Å². The predicted molar refractivity (Wildman–Crippen MR) is 491 cm³/mol. The Kier molecular flexibility index (Phi) is 19.3. The monoisotopic (exact) mass is 1500 g/mol. The number of para-hydroxylation sites is 2. The van der Waals surface area contributed by atoms with Crippen LogP contribution in [-0.4, -0.2) is 29.9 Å². The molecule has 21 rings (SSSR count). The van der Waals surface area contributed by atoms with Crippen molar-refractivity contribution >= 4 is 43.4 Å². The third kappa shape index (κ3) is 14.6. The molecule has 0 saturated carbocycles. The van der Waals surface area contributed by atoms with Crippen molar-refractivity contribution in [1.82, 2.24) is 29.9 Å². The van der Waals surface area contributed by atoms with Crippen LogP contribution in [0.15, 0.2) is 449 Å². The maximum Gasteiger partial charge on any atom is 0.160 e. The summed E-state index contributed by atoms with van der Waals surface area (Å²) in [6.45, 7) is 0. The molecule has 0 unspecified atom stereocenters. The molecule has 21 aromatic rings. The zero-order chi connectivity index (χ0) is 78.5. The van der Waals surface area contributed by atoms with E-state index in [0.29, 0.717) is 11.6 Å². The second-order valence-electron chi connectivity index (χ2n) is 29.6. The SMILES string of the molecule is c1ccc(-c2ccc(-c3cc(-c4ccc(-c5cccc(-c6cccc7c(-c8ccccc8)nc8ccccc8c67)c5)cc4)nc(-c4ccc(-c5ccccc5)cc4)n3)cc2)cc1.c1ccc(-c2cccc(-c3nc(-c4ccccc4)cc(-c4ccc(-c5cccc(-c6cccc7c(-c8ccccc8)nc8ccccc8c67)c5)cc4)n3)c2)cc1. The lowest BCUT2D eigenvalue weighted by atomic mass is 9.91. The average molecular weight is 1500 g/mol. The van der Waals surface area contributed by atoms with Gasteiger partial charge in [-0.1, -0.05) is 406 Å². The fourth-order valence-corrected chi connectivity index (χ4v) is 16.2. The van der Waals surface area contributed by atoms with E-state index in [0.717, 1.165) is 156 Å². The number of hydrogen-bond acceptors (Lipinski definition) is 6. The predicted octanol–water partition coefficient (Wildman–Crippen LogP) is 29.4. The van der Waals surface area contributed by atoms with Gasteiger partial charge in [-0.15, -0.1) is 0 Å². The molecule has 0 aliphatic carbocycles. The molecule has 0 saturated heterocycles. The van der Waals surface area contributed by atoms with E-state index in [1.807, 2.05) is 24.3 Å². The van der Waals surface area contributed by atoms with E-state index in [2.05, 4.69) is 425 Å². The zero-order valence-corrected chi connectivity index (χ0v) is 64.4. The number of pyridine rings is 2. The van der Waals surface area contributed by atoms with Crippen LogP contribution in [0.3, 0.4) is 0 Å². The highest BCUT2D eigenvalue weighted by molar-refractivity contribution is 6.18. The highest BCUT2D eigenvalue weighted by Crippen LogP contribution is 2.44. The molecule has 6 nitrogen and oxygen atoms in total. The van der Waals surface area contributed by atoms with Gasteiger partial charge in [0.1, 0.15) is 0 Å². The van der Waals surface area contributed by atoms with E-state index in [9.17, 15) is 0 Å². The van der Waals surface area contributed by atoms with Crippen molar-refractivity contribution in [2.45, 2.75) is 0 Å². The Morgan fingerprint density at radius 2 is 0.356 bits per heavy atom. The Morgan fingerprint density at radius 1 is 0.127 bits per heavy atom. The minimum Gasteiger partial charge on any atom is -0.247 e. The number of fused-ring (bicyclic) bond motifs is 6. The van der Waals surface area contributed by atoms with Gasteiger partial charge in [0.15, 0.2) is 11.6 Å². The molecule has 0 atom stereocenters. The molecule has 0 fully saturated rings. The van der Waals surface area contributed by atoms with Crippen molar-refractivity contribution in [3.8, 4) is 168 Å². The summed E-state index contributed by atoms with van der Waals surface area (Å²) in [5, 5.41) is 7.02. The van der Waals surface area contributed by atoms with Crippen molar-refractivity contribution in [3.63, 3.8) is 0 Å². The molecule has 4 aromatic heterocycles. The van der Waals surface area contributed by atoms with Crippen molar-refractivity contribution in [3.05, 3.63) is 449 Å². The first kappa shape index (κ1) is 71.3. The first-order chi connectivity index (χ1) is 58.5. The van der Waals surface area contributed by atoms with E-state index >= 15 is 0 Å². The van der Waals surface area contributed by atoms with Gasteiger partial charge < -0.3 is 0 Å². The Labute approximate surface area is 685 Å². The molecule has 4 heterocycles. The van der Waals surface area contributed by atoms with Crippen molar-refractivity contribution in [1.29, 1.82) is 0 Å². The summed E-state index contributed by atoms with van der Waals surface area (Å²) < 4.78 is 0. The molecule has 0 N–H and O–H groups in total. The van der Waals surface area contributed by atoms with Gasteiger partial charge in [-0.3, -0.25) is 0 Å². The lowest BCUT2D eigenvalue weighted by Crippen LogP contribution is -1.96. The molecular weight excluding hydrogens is 1430 g/mol. The summed E-state index contributed by atoms with van der Waals surface area (Å²) in [6, 6.07) is 158. The summed E-state index contributed by atoms with van der Waals surface area (Å²) in [5.41, 5.74) is 32.1. The molecular formula is C112H74N6. The van der Waals surface area contributed by atoms with Crippen LogP contribution in [0.4, 0.5) is 0 Å². The van der Waals surface area contributed by atoms with Gasteiger partial charge in [0, 0.05) is 76.8 Å². The maximum absolute atomic E-state index is 5.19. The highest BCUT2D eigenvalue weighted by Gasteiger charge is 2.20. The standard InChI is InChI=1S/C59H39N3.C53H35N3/c1-4-14-40(15-5-1)42-26-32-45(33-27-42)55-39-56(62-59(61-55)48-36-30-43(31-37-48)41-16-6-2-7-17-41)46-34-28-44(29-35-46)49-20-12-21-50(38-49)51-23-13-24-53-57(51)52-22-10-11-25-54(52)60-58(53)47-18-8-3-9-19-47;1-4-15-36(16-5-1)42-22-13-24-44(34-42)53-55-49(38-17-6-2-7-18-38)35-50(56-53)39-31-29-37(30-32-39)41-21-12-23-43(33-41)45-26-14-27-47-51(45)46-25-10-11-28-48(46)54-52(47)40-19-8-3-9-20-40/h1-39H;1-35H. The van der Waals surface area contributed by atoms with Crippen LogP contribution >= 0.6 is 0 Å². The Hall–Kier alpha value is -15.8. The number of nitrogens with zero attached hydrogens (tertiary/aromatic N) is 6. The number of aromatic nitrogens is 6. The fraction of sp³-hybridized carbons (Fsp3) is 0. The van der Waals surface area contributed by atoms with E-state index in [1.165, 1.54) is 44.2 Å². The quantitative estimate of drug-likeness (QED) is 0.0952. The van der Waals surface area contributed by atoms with Crippen LogP contribution in [0.1, 0.15) is 0 Å². The highest BCUT2D eigenvalue weighted by atomic mass is 14.9. The second-order valence-corrected chi connectivity index (χ2v) is 29.6. The molecule has 0 radical (unpaired) electrons. The fourth-order valence-electron chi connectivity index (χ4n) is 16.2. The Morgan fingerprint density at radius 3 is 0.729 bits per heavy atom. The van der Waals surface area contributed by atoms with Crippen LogP contribution in [0.25, 0.3) is 212 Å². The van der Waals surface area contributed by atoms with Crippen molar-refractivity contribution in [2.24, 2.45) is 0 Å². The van der Waals surface area contributed by atoms with E-state index in [-0.39, 0.29) is 0 Å². The Balaban J connectivity index is 0.000000152. The minimum atomic E-state index is 0.689. The number of rotatable bonds is 15. The van der Waals surface area contributed by atoms with Crippen LogP contribution in [0, 0.1) is 0 Å². The third-order valence-electron chi connectivity index (χ3n) is 22.2. The van der Waals surface area contributed by atoms with Gasteiger partial charge in [-0.05, 0) is 120 Å². The van der Waals surface area contributed by atoms with Crippen LogP contribution in [-0.2, 0) is 0 Å². The lowest BCUT2D eigenvalue weighted by Gasteiger charge is -2.15. The van der Waals surface area contributed by atoms with Gasteiger partial charge in [0.25, 0.3) is 0 Å². The maximum atomic E-state index is 5.19. The van der Waals surface area contributed by atoms with E-state index < -0.39 is 0 Å². The van der Waals surface area contributed by atoms with Crippen molar-refractivity contribution in [2.75, 3.05) is 0 Å². The molecule has 17 aromatic carbocycles. The molecule has 0 spiro atoms. The average Bonchev–Trinajstić information content (AvgIpc) is 0.747. The molecule has 6 heteroatoms. The van der Waals surface area contributed by atoms with Crippen LogP contribution in [0.5, 0.6) is 0 Å². The summed E-state index contributed by atoms with van der Waals surface area (Å²) in [4.78, 5) is 30.9. The topological polar surface area (TPSA) is 77.3 Å². The third-order valence-corrected chi connectivity index (χ3v) is 22.2. The largest absolute Gasteiger partial charge is 0.247 e. The Bertz CT molecular complexity index is 7110. The molecule has 0 bridgehead atoms. The summed E-state index contributed by atoms with van der Waals surface area (Å²) in [7, 11) is 0. The van der Waals surface area contributed by atoms with Crippen LogP contribution in [0.2, 0.25) is 0 Å². The smallest absolute Gasteiger partial charge is 0.160 e. The minimum absolute atomic E-state index is 0.689. The summed E-state index contributed by atoms with van der Waals surface area (Å²) >= 11 is 0. The molecule has 118 heavy (non-hydrogen) atoms. The molecule has 0 amide bonds. The normalized spacial score (nSPS) is 11.2. The molecule has 0 aliphatic rings. The van der Waals surface area contributed by atoms with E-state index in [1.54, 1.807) is 0 Å². The second kappa shape index (κ2) is 32.0. The van der Waals surface area contributed by atoms with Gasteiger partial charge in [-0.25, -0.2) is 29.9 Å². The lowest BCUT2D eigenvalue weighted by molar-refractivity contribution is 1.18. The van der Waals surface area contributed by atoms with Gasteiger partial charge in [-0.2, -0.15) is 0 Å². The molecule has 552 valence electrons. The number of hydrogen-bond donors (Lipinski definition) is 0. The first-order valence-electron chi connectivity index (χ1n) is 39.9. The number of benzene rings is 17. The zero-order valence-electron chi connectivity index (χ0n) is 64.4. The van der Waals surface area contributed by atoms with Crippen molar-refractivity contribution < 1.29 is 0 Å². The van der Waals surface area contributed by atoms with Gasteiger partial charge >= 0.3 is 0 Å². The molecule has 0 aliphatic heterocycles. The first-order valence-corrected chi connectivity index (χ1v) is 39.9. The van der Waals surface area contributed by atoms with E-state index in [4.69, 9.17) is 29.9 Å². The van der Waals surface area contributed by atoms with Gasteiger partial charge in [0.2, 0.25) is 0 Å².